The van der Waals surface area contributed by atoms with E-state index in [1.54, 1.807) is 37.3 Å². The fraction of sp³-hybridized carbons (Fsp3) is 0.115. The lowest BCUT2D eigenvalue weighted by Gasteiger charge is -2.09. The molecule has 8 heteroatoms. The SMILES string of the molecule is COc1ccc(-c2sc3cc(OC)ccc3c2Oc2ccc(/C=C/c3nnnn3C)cc2)cc1. The highest BCUT2D eigenvalue weighted by Crippen LogP contribution is 2.47. The van der Waals surface area contributed by atoms with Gasteiger partial charge in [0.1, 0.15) is 17.2 Å². The molecule has 5 rings (SSSR count). The Morgan fingerprint density at radius 2 is 1.53 bits per heavy atom. The number of aromatic nitrogens is 4. The van der Waals surface area contributed by atoms with Gasteiger partial charge in [0.25, 0.3) is 0 Å². The maximum atomic E-state index is 6.45. The number of benzene rings is 3. The van der Waals surface area contributed by atoms with Crippen LogP contribution in [0.25, 0.3) is 32.7 Å². The Morgan fingerprint density at radius 1 is 0.824 bits per heavy atom. The van der Waals surface area contributed by atoms with Gasteiger partial charge in [-0.2, -0.15) is 0 Å². The van der Waals surface area contributed by atoms with Gasteiger partial charge in [-0.1, -0.05) is 18.2 Å². The third-order valence-electron chi connectivity index (χ3n) is 5.38. The molecule has 0 saturated carbocycles. The zero-order valence-corrected chi connectivity index (χ0v) is 19.7. The van der Waals surface area contributed by atoms with Crippen LogP contribution in [0.4, 0.5) is 0 Å². The highest BCUT2D eigenvalue weighted by atomic mass is 32.1. The molecule has 0 aliphatic carbocycles. The van der Waals surface area contributed by atoms with Crippen LogP contribution >= 0.6 is 11.3 Å². The van der Waals surface area contributed by atoms with Crippen molar-refractivity contribution in [3.05, 3.63) is 78.1 Å². The summed E-state index contributed by atoms with van der Waals surface area (Å²) in [6.07, 6.45) is 3.84. The highest BCUT2D eigenvalue weighted by molar-refractivity contribution is 7.22. The molecular weight excluding hydrogens is 448 g/mol. The molecule has 2 aromatic heterocycles. The van der Waals surface area contributed by atoms with Crippen molar-refractivity contribution < 1.29 is 14.2 Å². The lowest BCUT2D eigenvalue weighted by Crippen LogP contribution is -1.93. The van der Waals surface area contributed by atoms with Crippen LogP contribution < -0.4 is 14.2 Å². The number of methoxy groups -OCH3 is 2. The Hall–Kier alpha value is -4.17. The fourth-order valence-corrected chi connectivity index (χ4v) is 4.69. The van der Waals surface area contributed by atoms with Gasteiger partial charge in [0.2, 0.25) is 0 Å². The van der Waals surface area contributed by atoms with E-state index in [4.69, 9.17) is 14.2 Å². The first kappa shape index (κ1) is 21.7. The fourth-order valence-electron chi connectivity index (χ4n) is 3.53. The smallest absolute Gasteiger partial charge is 0.174 e. The third-order valence-corrected chi connectivity index (χ3v) is 6.56. The molecule has 0 bridgehead atoms. The summed E-state index contributed by atoms with van der Waals surface area (Å²) < 4.78 is 19.9. The number of nitrogens with zero attached hydrogens (tertiary/aromatic N) is 4. The van der Waals surface area contributed by atoms with Crippen LogP contribution in [0.3, 0.4) is 0 Å². The van der Waals surface area contributed by atoms with Crippen molar-refractivity contribution in [3.8, 4) is 33.4 Å². The van der Waals surface area contributed by atoms with Crippen molar-refractivity contribution in [2.75, 3.05) is 14.2 Å². The van der Waals surface area contributed by atoms with E-state index in [9.17, 15) is 0 Å². The monoisotopic (exact) mass is 470 g/mol. The lowest BCUT2D eigenvalue weighted by molar-refractivity contribution is 0.415. The molecule has 0 aliphatic rings. The Labute approximate surface area is 200 Å². The second-order valence-electron chi connectivity index (χ2n) is 7.52. The average Bonchev–Trinajstić information content (AvgIpc) is 3.46. The van der Waals surface area contributed by atoms with Crippen molar-refractivity contribution in [1.29, 1.82) is 0 Å². The topological polar surface area (TPSA) is 71.3 Å². The molecule has 2 heterocycles. The molecule has 3 aromatic carbocycles. The Kier molecular flexibility index (Phi) is 5.97. The summed E-state index contributed by atoms with van der Waals surface area (Å²) in [7, 11) is 5.14. The minimum absolute atomic E-state index is 0.685. The van der Waals surface area contributed by atoms with E-state index < -0.39 is 0 Å². The van der Waals surface area contributed by atoms with Gasteiger partial charge in [-0.15, -0.1) is 16.4 Å². The standard InChI is InChI=1S/C26H22N4O3S/c1-30-24(27-28-29-30)15-6-17-4-9-20(10-5-17)33-25-22-14-13-21(32-3)16-23(22)34-26(25)18-7-11-19(31-2)12-8-18/h4-16H,1-3H3/b15-6+. The predicted octanol–water partition coefficient (Wildman–Crippen LogP) is 6.07. The molecule has 0 amide bonds. The van der Waals surface area contributed by atoms with Crippen LogP contribution in [0, 0.1) is 0 Å². The van der Waals surface area contributed by atoms with E-state index in [1.807, 2.05) is 78.9 Å². The molecule has 0 aliphatic heterocycles. The van der Waals surface area contributed by atoms with E-state index in [0.717, 1.165) is 49.1 Å². The summed E-state index contributed by atoms with van der Waals surface area (Å²) in [6.45, 7) is 0. The van der Waals surface area contributed by atoms with Crippen molar-refractivity contribution in [2.45, 2.75) is 0 Å². The van der Waals surface area contributed by atoms with Crippen LogP contribution in [0.1, 0.15) is 11.4 Å². The molecule has 0 N–H and O–H groups in total. The van der Waals surface area contributed by atoms with Gasteiger partial charge in [0, 0.05) is 17.1 Å². The Bertz CT molecular complexity index is 1450. The number of hydrogen-bond donors (Lipinski definition) is 0. The molecule has 0 unspecified atom stereocenters. The summed E-state index contributed by atoms with van der Waals surface area (Å²) in [5.74, 6) is 3.89. The quantitative estimate of drug-likeness (QED) is 0.287. The zero-order valence-electron chi connectivity index (χ0n) is 18.9. The summed E-state index contributed by atoms with van der Waals surface area (Å²) in [6, 6.07) is 21.9. The van der Waals surface area contributed by atoms with Gasteiger partial charge in [0.05, 0.1) is 19.1 Å². The maximum Gasteiger partial charge on any atom is 0.174 e. The van der Waals surface area contributed by atoms with Crippen LogP contribution in [-0.4, -0.2) is 34.4 Å². The largest absolute Gasteiger partial charge is 0.497 e. The minimum atomic E-state index is 0.685. The van der Waals surface area contributed by atoms with Crippen LogP contribution in [0.2, 0.25) is 0 Å². The molecule has 5 aromatic rings. The molecule has 0 spiro atoms. The first-order chi connectivity index (χ1) is 16.6. The molecule has 0 fully saturated rings. The van der Waals surface area contributed by atoms with Gasteiger partial charge in [-0.3, -0.25) is 0 Å². The molecule has 0 atom stereocenters. The van der Waals surface area contributed by atoms with Gasteiger partial charge >= 0.3 is 0 Å². The van der Waals surface area contributed by atoms with Crippen molar-refractivity contribution in [2.24, 2.45) is 7.05 Å². The number of tetrazole rings is 1. The molecule has 7 nitrogen and oxygen atoms in total. The average molecular weight is 471 g/mol. The van der Waals surface area contributed by atoms with Crippen LogP contribution in [0.5, 0.6) is 23.0 Å². The molecular formula is C26H22N4O3S. The van der Waals surface area contributed by atoms with Gasteiger partial charge < -0.3 is 14.2 Å². The summed E-state index contributed by atoms with van der Waals surface area (Å²) in [4.78, 5) is 1.05. The molecule has 170 valence electrons. The molecule has 0 saturated heterocycles. The van der Waals surface area contributed by atoms with E-state index in [0.29, 0.717) is 5.82 Å². The normalized spacial score (nSPS) is 11.3. The van der Waals surface area contributed by atoms with Crippen molar-refractivity contribution in [1.82, 2.24) is 20.2 Å². The van der Waals surface area contributed by atoms with Gasteiger partial charge in [-0.25, -0.2) is 4.68 Å². The summed E-state index contributed by atoms with van der Waals surface area (Å²) >= 11 is 1.67. The number of hydrogen-bond acceptors (Lipinski definition) is 7. The van der Waals surface area contributed by atoms with E-state index in [1.165, 1.54) is 0 Å². The van der Waals surface area contributed by atoms with E-state index >= 15 is 0 Å². The van der Waals surface area contributed by atoms with Crippen LogP contribution in [0.15, 0.2) is 66.7 Å². The second-order valence-corrected chi connectivity index (χ2v) is 8.57. The third kappa shape index (κ3) is 4.35. The Balaban J connectivity index is 1.48. The van der Waals surface area contributed by atoms with Gasteiger partial charge in [-0.05, 0) is 82.2 Å². The first-order valence-corrected chi connectivity index (χ1v) is 11.4. The van der Waals surface area contributed by atoms with Crippen LogP contribution in [-0.2, 0) is 7.05 Å². The molecule has 0 radical (unpaired) electrons. The number of fused-ring (bicyclic) bond motifs is 1. The molecule has 34 heavy (non-hydrogen) atoms. The van der Waals surface area contributed by atoms with Gasteiger partial charge in [0.15, 0.2) is 11.6 Å². The predicted molar refractivity (Wildman–Crippen MR) is 135 cm³/mol. The van der Waals surface area contributed by atoms with Crippen molar-refractivity contribution in [3.63, 3.8) is 0 Å². The Morgan fingerprint density at radius 3 is 2.21 bits per heavy atom. The van der Waals surface area contributed by atoms with E-state index in [2.05, 4.69) is 15.5 Å². The highest BCUT2D eigenvalue weighted by Gasteiger charge is 2.17. The first-order valence-electron chi connectivity index (χ1n) is 10.6. The number of rotatable bonds is 7. The zero-order chi connectivity index (χ0) is 23.5. The van der Waals surface area contributed by atoms with Crippen molar-refractivity contribution >= 4 is 33.6 Å². The lowest BCUT2D eigenvalue weighted by atomic mass is 10.1. The second kappa shape index (κ2) is 9.36. The number of ether oxygens (including phenoxy) is 3. The number of thiophene rings is 1. The summed E-state index contributed by atoms with van der Waals surface area (Å²) in [5, 5.41) is 12.5. The minimum Gasteiger partial charge on any atom is -0.497 e. The number of aryl methyl sites for hydroxylation is 1. The summed E-state index contributed by atoms with van der Waals surface area (Å²) in [5.41, 5.74) is 2.08. The maximum absolute atomic E-state index is 6.45. The van der Waals surface area contributed by atoms with E-state index in [-0.39, 0.29) is 0 Å².